The summed E-state index contributed by atoms with van der Waals surface area (Å²) in [6, 6.07) is 3.75. The predicted molar refractivity (Wildman–Crippen MR) is 61.2 cm³/mol. The van der Waals surface area contributed by atoms with Gasteiger partial charge in [-0.2, -0.15) is 0 Å². The first-order chi connectivity index (χ1) is 7.50. The van der Waals surface area contributed by atoms with Crippen LogP contribution in [-0.2, 0) is 0 Å². The van der Waals surface area contributed by atoms with E-state index in [0.717, 1.165) is 11.4 Å². The predicted octanol–water partition coefficient (Wildman–Crippen LogP) is 1.41. The van der Waals surface area contributed by atoms with Crippen molar-refractivity contribution in [3.05, 3.63) is 29.7 Å². The molecule has 0 spiro atoms. The third kappa shape index (κ3) is 1.50. The molecule has 84 valence electrons. The van der Waals surface area contributed by atoms with Gasteiger partial charge in [0, 0.05) is 26.0 Å². The topological polar surface area (TPSA) is 57.8 Å². The number of fused-ring (bicyclic) bond motifs is 1. The number of aromatic nitrogens is 2. The van der Waals surface area contributed by atoms with Gasteiger partial charge in [-0.15, -0.1) is 0 Å². The van der Waals surface area contributed by atoms with Gasteiger partial charge in [0.1, 0.15) is 5.65 Å². The van der Waals surface area contributed by atoms with E-state index in [2.05, 4.69) is 4.98 Å². The molecule has 0 aromatic carbocycles. The zero-order valence-electron chi connectivity index (χ0n) is 9.43. The lowest BCUT2D eigenvalue weighted by atomic mass is 10.3. The number of pyridine rings is 1. The summed E-state index contributed by atoms with van der Waals surface area (Å²) >= 11 is 0. The maximum Gasteiger partial charge on any atom is 0.356 e. The zero-order chi connectivity index (χ0) is 11.9. The number of carboxylic acid groups (broad SMARTS) is 1. The maximum absolute atomic E-state index is 10.8. The van der Waals surface area contributed by atoms with Gasteiger partial charge in [-0.25, -0.2) is 9.78 Å². The lowest BCUT2D eigenvalue weighted by Crippen LogP contribution is -2.11. The quantitative estimate of drug-likeness (QED) is 0.829. The molecule has 2 aromatic rings. The third-order valence-electron chi connectivity index (χ3n) is 2.56. The molecule has 0 aliphatic carbocycles. The van der Waals surface area contributed by atoms with Crippen LogP contribution in [-0.4, -0.2) is 34.6 Å². The number of hydrogen-bond acceptors (Lipinski definition) is 3. The molecule has 0 amide bonds. The second-order valence-corrected chi connectivity index (χ2v) is 3.86. The van der Waals surface area contributed by atoms with Gasteiger partial charge in [-0.3, -0.25) is 0 Å². The molecular weight excluding hydrogens is 206 g/mol. The Morgan fingerprint density at radius 3 is 2.69 bits per heavy atom. The van der Waals surface area contributed by atoms with Crippen molar-refractivity contribution in [2.24, 2.45) is 0 Å². The number of rotatable bonds is 2. The molecule has 16 heavy (non-hydrogen) atoms. The zero-order valence-corrected chi connectivity index (χ0v) is 9.43. The van der Waals surface area contributed by atoms with Crippen LogP contribution in [0.15, 0.2) is 18.3 Å². The fraction of sp³-hybridized carbons (Fsp3) is 0.273. The van der Waals surface area contributed by atoms with Gasteiger partial charge in [0.25, 0.3) is 0 Å². The monoisotopic (exact) mass is 219 g/mol. The van der Waals surface area contributed by atoms with Crippen LogP contribution >= 0.6 is 0 Å². The van der Waals surface area contributed by atoms with Crippen molar-refractivity contribution in [1.29, 1.82) is 0 Å². The van der Waals surface area contributed by atoms with E-state index in [4.69, 9.17) is 5.11 Å². The third-order valence-corrected chi connectivity index (χ3v) is 2.56. The second-order valence-electron chi connectivity index (χ2n) is 3.86. The van der Waals surface area contributed by atoms with E-state index >= 15 is 0 Å². The number of imidazole rings is 1. The Morgan fingerprint density at radius 2 is 2.12 bits per heavy atom. The van der Waals surface area contributed by atoms with Crippen molar-refractivity contribution in [3.63, 3.8) is 0 Å². The Balaban J connectivity index is 2.69. The summed E-state index contributed by atoms with van der Waals surface area (Å²) in [7, 11) is 3.90. The molecule has 1 N–H and O–H groups in total. The highest BCUT2D eigenvalue weighted by atomic mass is 16.4. The molecule has 5 heteroatoms. The minimum absolute atomic E-state index is 0.0685. The highest BCUT2D eigenvalue weighted by molar-refractivity contribution is 5.86. The molecule has 0 bridgehead atoms. The standard InChI is InChI=1S/C11H13N3O2/c1-7-9(13(2)3)4-5-10-12-8(11(15)16)6-14(7)10/h4-6H,1-3H3,(H,15,16). The van der Waals surface area contributed by atoms with Crippen molar-refractivity contribution < 1.29 is 9.90 Å². The van der Waals surface area contributed by atoms with Crippen LogP contribution in [0.5, 0.6) is 0 Å². The van der Waals surface area contributed by atoms with Gasteiger partial charge in [0.2, 0.25) is 0 Å². The van der Waals surface area contributed by atoms with Crippen LogP contribution in [0.2, 0.25) is 0 Å². The Bertz CT molecular complexity index is 558. The molecule has 5 nitrogen and oxygen atoms in total. The van der Waals surface area contributed by atoms with Crippen molar-refractivity contribution in [2.45, 2.75) is 6.92 Å². The van der Waals surface area contributed by atoms with Crippen molar-refractivity contribution >= 4 is 17.3 Å². The van der Waals surface area contributed by atoms with E-state index in [1.165, 1.54) is 0 Å². The highest BCUT2D eigenvalue weighted by Gasteiger charge is 2.11. The van der Waals surface area contributed by atoms with Crippen molar-refractivity contribution in [3.8, 4) is 0 Å². The number of nitrogens with zero attached hydrogens (tertiary/aromatic N) is 3. The molecule has 0 aliphatic rings. The summed E-state index contributed by atoms with van der Waals surface area (Å²) in [4.78, 5) is 16.8. The van der Waals surface area contributed by atoms with Crippen LogP contribution in [0.25, 0.3) is 5.65 Å². The number of hydrogen-bond donors (Lipinski definition) is 1. The smallest absolute Gasteiger partial charge is 0.356 e. The van der Waals surface area contributed by atoms with E-state index in [1.807, 2.05) is 38.1 Å². The largest absolute Gasteiger partial charge is 0.476 e. The van der Waals surface area contributed by atoms with E-state index < -0.39 is 5.97 Å². The molecule has 2 aromatic heterocycles. The summed E-state index contributed by atoms with van der Waals surface area (Å²) in [5.74, 6) is -1.01. The molecule has 0 radical (unpaired) electrons. The molecule has 0 unspecified atom stereocenters. The molecule has 0 saturated heterocycles. The maximum atomic E-state index is 10.8. The minimum Gasteiger partial charge on any atom is -0.476 e. The van der Waals surface area contributed by atoms with Gasteiger partial charge < -0.3 is 14.4 Å². The van der Waals surface area contributed by atoms with Crippen LogP contribution in [0.3, 0.4) is 0 Å². The molecule has 0 saturated carbocycles. The van der Waals surface area contributed by atoms with E-state index in [1.54, 1.807) is 10.6 Å². The number of aryl methyl sites for hydroxylation is 1. The average molecular weight is 219 g/mol. The van der Waals surface area contributed by atoms with Crippen LogP contribution in [0, 0.1) is 6.92 Å². The first kappa shape index (κ1) is 10.5. The van der Waals surface area contributed by atoms with Gasteiger partial charge in [0.15, 0.2) is 5.69 Å². The Kier molecular flexibility index (Phi) is 2.30. The summed E-state index contributed by atoms with van der Waals surface area (Å²) in [5.41, 5.74) is 2.74. The van der Waals surface area contributed by atoms with Gasteiger partial charge in [-0.05, 0) is 19.1 Å². The first-order valence-electron chi connectivity index (χ1n) is 4.90. The molecule has 2 heterocycles. The number of aromatic carboxylic acids is 1. The van der Waals surface area contributed by atoms with Gasteiger partial charge in [0.05, 0.1) is 5.69 Å². The van der Waals surface area contributed by atoms with Crippen molar-refractivity contribution in [1.82, 2.24) is 9.38 Å². The van der Waals surface area contributed by atoms with Gasteiger partial charge in [-0.1, -0.05) is 0 Å². The van der Waals surface area contributed by atoms with Crippen molar-refractivity contribution in [2.75, 3.05) is 19.0 Å². The Hall–Kier alpha value is -2.04. The summed E-state index contributed by atoms with van der Waals surface area (Å²) in [6.45, 7) is 1.94. The number of carbonyl (C=O) groups is 1. The SMILES string of the molecule is Cc1c(N(C)C)ccc2nc(C(=O)O)cn12. The average Bonchev–Trinajstić information content (AvgIpc) is 2.62. The second kappa shape index (κ2) is 3.52. The summed E-state index contributed by atoms with van der Waals surface area (Å²) in [6.07, 6.45) is 1.54. The Morgan fingerprint density at radius 1 is 1.44 bits per heavy atom. The molecular formula is C11H13N3O2. The fourth-order valence-corrected chi connectivity index (χ4v) is 1.75. The van der Waals surface area contributed by atoms with Gasteiger partial charge >= 0.3 is 5.97 Å². The normalized spacial score (nSPS) is 10.7. The van der Waals surface area contributed by atoms with E-state index in [0.29, 0.717) is 5.65 Å². The lowest BCUT2D eigenvalue weighted by Gasteiger charge is -2.16. The first-order valence-corrected chi connectivity index (χ1v) is 4.90. The fourth-order valence-electron chi connectivity index (χ4n) is 1.75. The Labute approximate surface area is 92.9 Å². The summed E-state index contributed by atoms with van der Waals surface area (Å²) in [5, 5.41) is 8.87. The molecule has 0 aliphatic heterocycles. The molecule has 0 atom stereocenters. The van der Waals surface area contributed by atoms with E-state index in [9.17, 15) is 4.79 Å². The highest BCUT2D eigenvalue weighted by Crippen LogP contribution is 2.19. The minimum atomic E-state index is -1.01. The van der Waals surface area contributed by atoms with Crippen LogP contribution < -0.4 is 4.90 Å². The number of anilines is 1. The molecule has 0 fully saturated rings. The van der Waals surface area contributed by atoms with Crippen LogP contribution in [0.1, 0.15) is 16.2 Å². The van der Waals surface area contributed by atoms with Crippen LogP contribution in [0.4, 0.5) is 5.69 Å². The molecule has 2 rings (SSSR count). The number of carboxylic acids is 1. The lowest BCUT2D eigenvalue weighted by molar-refractivity contribution is 0.0691. The van der Waals surface area contributed by atoms with E-state index in [-0.39, 0.29) is 5.69 Å². The summed E-state index contributed by atoms with van der Waals surface area (Å²) < 4.78 is 1.79.